The molecule has 0 aromatic carbocycles. The molecule has 0 unspecified atom stereocenters. The van der Waals surface area contributed by atoms with Gasteiger partial charge in [0, 0.05) is 13.1 Å². The molecule has 4 rings (SSSR count). The number of hydrogen-bond donors (Lipinski definition) is 1. The van der Waals surface area contributed by atoms with Crippen LogP contribution < -0.4 is 10.1 Å². The van der Waals surface area contributed by atoms with Gasteiger partial charge in [-0.25, -0.2) is 4.98 Å². The predicted molar refractivity (Wildman–Crippen MR) is 104 cm³/mol. The number of rotatable bonds is 5. The molecule has 2 aliphatic rings. The van der Waals surface area contributed by atoms with Gasteiger partial charge in [-0.05, 0) is 56.6 Å². The van der Waals surface area contributed by atoms with Crippen molar-refractivity contribution >= 4 is 11.9 Å². The molecule has 3 heterocycles. The van der Waals surface area contributed by atoms with Crippen LogP contribution in [0.1, 0.15) is 43.9 Å². The third kappa shape index (κ3) is 4.31. The average molecular weight is 439 g/mol. The van der Waals surface area contributed by atoms with Gasteiger partial charge in [0.25, 0.3) is 5.89 Å². The van der Waals surface area contributed by atoms with Gasteiger partial charge in [-0.2, -0.15) is 13.2 Å². The van der Waals surface area contributed by atoms with Crippen LogP contribution in [-0.2, 0) is 11.0 Å². The Kier molecular flexibility index (Phi) is 5.30. The maximum atomic E-state index is 13.1. The van der Waals surface area contributed by atoms with Crippen molar-refractivity contribution in [2.75, 3.05) is 25.5 Å². The number of carbonyl (C=O) groups is 1. The standard InChI is InChI=1S/C20H24F3N5O3/c1-11-10-13(15(30-3)25-14(11)20(21,22)23)16-26-27-18(31-16)24-12(2)17(29)28-8-6-19(4-5-19)7-9-28/h10,12H,4-9H2,1-3H3,(H,24,27)/t12-/m0/s1. The average Bonchev–Trinajstić information content (AvgIpc) is 3.31. The van der Waals surface area contributed by atoms with E-state index >= 15 is 0 Å². The van der Waals surface area contributed by atoms with Crippen LogP contribution in [0.15, 0.2) is 10.5 Å². The molecular weight excluding hydrogens is 415 g/mol. The zero-order chi connectivity index (χ0) is 22.4. The van der Waals surface area contributed by atoms with Crippen LogP contribution in [-0.4, -0.2) is 52.2 Å². The minimum atomic E-state index is -4.61. The number of carbonyl (C=O) groups excluding carboxylic acids is 1. The molecule has 1 saturated heterocycles. The smallest absolute Gasteiger partial charge is 0.433 e. The highest BCUT2D eigenvalue weighted by Gasteiger charge is 2.45. The Hall–Kier alpha value is -2.85. The first-order chi connectivity index (χ1) is 14.6. The maximum Gasteiger partial charge on any atom is 0.433 e. The van der Waals surface area contributed by atoms with Crippen molar-refractivity contribution in [2.45, 2.75) is 51.7 Å². The van der Waals surface area contributed by atoms with Gasteiger partial charge in [0.1, 0.15) is 11.6 Å². The van der Waals surface area contributed by atoms with E-state index in [9.17, 15) is 18.0 Å². The summed E-state index contributed by atoms with van der Waals surface area (Å²) in [5.41, 5.74) is -0.530. The number of anilines is 1. The second-order valence-electron chi connectivity index (χ2n) is 8.31. The lowest BCUT2D eigenvalue weighted by atomic mass is 9.93. The van der Waals surface area contributed by atoms with Gasteiger partial charge in [0.05, 0.1) is 7.11 Å². The Labute approximate surface area is 177 Å². The number of amides is 1. The quantitative estimate of drug-likeness (QED) is 0.760. The summed E-state index contributed by atoms with van der Waals surface area (Å²) < 4.78 is 49.9. The molecule has 0 radical (unpaired) electrons. The highest BCUT2D eigenvalue weighted by Crippen LogP contribution is 2.53. The van der Waals surface area contributed by atoms with Crippen molar-refractivity contribution in [3.05, 3.63) is 17.3 Å². The number of aromatic nitrogens is 3. The number of alkyl halides is 3. The first-order valence-electron chi connectivity index (χ1n) is 10.1. The number of ether oxygens (including phenoxy) is 1. The minimum absolute atomic E-state index is 0.00822. The molecule has 1 aliphatic carbocycles. The fraction of sp³-hybridized carbons (Fsp3) is 0.600. The third-order valence-electron chi connectivity index (χ3n) is 6.10. The van der Waals surface area contributed by atoms with E-state index in [4.69, 9.17) is 9.15 Å². The molecule has 1 amide bonds. The summed E-state index contributed by atoms with van der Waals surface area (Å²) in [5.74, 6) is -0.392. The van der Waals surface area contributed by atoms with E-state index in [2.05, 4.69) is 20.5 Å². The third-order valence-corrected chi connectivity index (χ3v) is 6.10. The molecule has 1 aliphatic heterocycles. The second-order valence-corrected chi connectivity index (χ2v) is 8.31. The number of halogens is 3. The first kappa shape index (κ1) is 21.4. The fourth-order valence-corrected chi connectivity index (χ4v) is 3.98. The summed E-state index contributed by atoms with van der Waals surface area (Å²) in [5, 5.41) is 10.6. The van der Waals surface area contributed by atoms with Gasteiger partial charge in [0.15, 0.2) is 5.69 Å². The van der Waals surface area contributed by atoms with Crippen LogP contribution in [0.3, 0.4) is 0 Å². The van der Waals surface area contributed by atoms with Crippen molar-refractivity contribution in [1.82, 2.24) is 20.1 Å². The Balaban J connectivity index is 1.46. The van der Waals surface area contributed by atoms with E-state index in [-0.39, 0.29) is 34.8 Å². The number of methoxy groups -OCH3 is 1. The normalized spacial score (nSPS) is 18.7. The molecule has 11 heteroatoms. The molecule has 1 N–H and O–H groups in total. The summed E-state index contributed by atoms with van der Waals surface area (Å²) in [7, 11) is 1.21. The number of piperidine rings is 1. The molecule has 2 aromatic heterocycles. The summed E-state index contributed by atoms with van der Waals surface area (Å²) in [6.07, 6.45) is -0.0159. The summed E-state index contributed by atoms with van der Waals surface area (Å²) in [4.78, 5) is 18.1. The van der Waals surface area contributed by atoms with E-state index < -0.39 is 17.9 Å². The maximum absolute atomic E-state index is 13.1. The highest BCUT2D eigenvalue weighted by atomic mass is 19.4. The van der Waals surface area contributed by atoms with Crippen LogP contribution in [0.25, 0.3) is 11.5 Å². The molecule has 1 atom stereocenters. The van der Waals surface area contributed by atoms with E-state index in [1.165, 1.54) is 32.9 Å². The van der Waals surface area contributed by atoms with Crippen LogP contribution in [0.4, 0.5) is 19.2 Å². The minimum Gasteiger partial charge on any atom is -0.480 e. The van der Waals surface area contributed by atoms with E-state index in [0.29, 0.717) is 5.41 Å². The lowest BCUT2D eigenvalue weighted by molar-refractivity contribution is -0.141. The van der Waals surface area contributed by atoms with Crippen LogP contribution >= 0.6 is 0 Å². The van der Waals surface area contributed by atoms with E-state index in [0.717, 1.165) is 25.9 Å². The number of hydrogen-bond acceptors (Lipinski definition) is 7. The monoisotopic (exact) mass is 439 g/mol. The Morgan fingerprint density at radius 1 is 1.26 bits per heavy atom. The van der Waals surface area contributed by atoms with Crippen molar-refractivity contribution in [1.29, 1.82) is 0 Å². The van der Waals surface area contributed by atoms with Gasteiger partial charge in [-0.1, -0.05) is 5.10 Å². The molecule has 8 nitrogen and oxygen atoms in total. The van der Waals surface area contributed by atoms with Crippen molar-refractivity contribution in [2.24, 2.45) is 5.41 Å². The van der Waals surface area contributed by atoms with Crippen molar-refractivity contribution in [3.63, 3.8) is 0 Å². The van der Waals surface area contributed by atoms with Gasteiger partial charge < -0.3 is 19.4 Å². The summed E-state index contributed by atoms with van der Waals surface area (Å²) in [6.45, 7) is 4.48. The predicted octanol–water partition coefficient (Wildman–Crippen LogP) is 3.67. The molecule has 1 saturated carbocycles. The summed E-state index contributed by atoms with van der Waals surface area (Å²) in [6, 6.07) is 0.643. The number of likely N-dealkylation sites (tertiary alicyclic amines) is 1. The number of nitrogens with zero attached hydrogens (tertiary/aromatic N) is 4. The largest absolute Gasteiger partial charge is 0.480 e. The molecule has 2 fully saturated rings. The fourth-order valence-electron chi connectivity index (χ4n) is 3.98. The zero-order valence-electron chi connectivity index (χ0n) is 17.5. The SMILES string of the molecule is COc1nc(C(F)(F)F)c(C)cc1-c1nnc(N[C@@H](C)C(=O)N2CCC3(CC2)CC3)o1. The number of nitrogens with one attached hydrogen (secondary N) is 1. The molecule has 1 spiro atoms. The van der Waals surface area contributed by atoms with Crippen LogP contribution in [0, 0.1) is 12.3 Å². The topological polar surface area (TPSA) is 93.4 Å². The van der Waals surface area contributed by atoms with Gasteiger partial charge in [0.2, 0.25) is 11.8 Å². The number of aryl methyl sites for hydroxylation is 1. The highest BCUT2D eigenvalue weighted by molar-refractivity contribution is 5.83. The van der Waals surface area contributed by atoms with E-state index in [1.807, 2.05) is 4.90 Å². The Morgan fingerprint density at radius 2 is 1.94 bits per heavy atom. The molecule has 168 valence electrons. The summed E-state index contributed by atoms with van der Waals surface area (Å²) >= 11 is 0. The van der Waals surface area contributed by atoms with Gasteiger partial charge in [-0.15, -0.1) is 5.10 Å². The number of pyridine rings is 1. The molecule has 2 aromatic rings. The van der Waals surface area contributed by atoms with Crippen molar-refractivity contribution in [3.8, 4) is 17.3 Å². The molecular formula is C20H24F3N5O3. The van der Waals surface area contributed by atoms with Crippen molar-refractivity contribution < 1.29 is 27.1 Å². The Bertz CT molecular complexity index is 977. The zero-order valence-corrected chi connectivity index (χ0v) is 17.5. The van der Waals surface area contributed by atoms with Gasteiger partial charge in [-0.3, -0.25) is 4.79 Å². The Morgan fingerprint density at radius 3 is 2.52 bits per heavy atom. The molecule has 31 heavy (non-hydrogen) atoms. The van der Waals surface area contributed by atoms with Crippen LogP contribution in [0.5, 0.6) is 5.88 Å². The van der Waals surface area contributed by atoms with Gasteiger partial charge >= 0.3 is 12.2 Å². The first-order valence-corrected chi connectivity index (χ1v) is 10.1. The van der Waals surface area contributed by atoms with E-state index in [1.54, 1.807) is 6.92 Å². The molecule has 0 bridgehead atoms. The van der Waals surface area contributed by atoms with Crippen LogP contribution in [0.2, 0.25) is 0 Å². The lowest BCUT2D eigenvalue weighted by Crippen LogP contribution is -2.45. The lowest BCUT2D eigenvalue weighted by Gasteiger charge is -2.33. The second kappa shape index (κ2) is 7.69.